The third-order valence-corrected chi connectivity index (χ3v) is 3.01. The van der Waals surface area contributed by atoms with Crippen molar-refractivity contribution < 1.29 is 13.6 Å². The first kappa shape index (κ1) is 13.2. The fraction of sp³-hybridized carbons (Fsp3) is 0. The van der Waals surface area contributed by atoms with Crippen LogP contribution in [0.4, 0.5) is 8.78 Å². The summed E-state index contributed by atoms with van der Waals surface area (Å²) >= 11 is 0. The molecule has 1 amide bonds. The smallest absolute Gasteiger partial charge is 0.275 e. The lowest BCUT2D eigenvalue weighted by Gasteiger charge is -1.99. The first-order valence-electron chi connectivity index (χ1n) is 6.26. The zero-order valence-electron chi connectivity index (χ0n) is 10.8. The van der Waals surface area contributed by atoms with E-state index >= 15 is 0 Å². The van der Waals surface area contributed by atoms with Crippen molar-refractivity contribution in [2.45, 2.75) is 0 Å². The molecule has 1 aliphatic heterocycles. The molecular formula is C16H10F2N2O. The van der Waals surface area contributed by atoms with Gasteiger partial charge in [-0.3, -0.25) is 4.79 Å². The van der Waals surface area contributed by atoms with Crippen LogP contribution >= 0.6 is 0 Å². The Kier molecular flexibility index (Phi) is 3.31. The Morgan fingerprint density at radius 1 is 1.00 bits per heavy atom. The van der Waals surface area contributed by atoms with Crippen LogP contribution in [-0.2, 0) is 4.79 Å². The Bertz CT molecular complexity index is 764. The Morgan fingerprint density at radius 2 is 1.71 bits per heavy atom. The summed E-state index contributed by atoms with van der Waals surface area (Å²) in [5.74, 6) is -0.894. The Hall–Kier alpha value is -2.82. The zero-order valence-corrected chi connectivity index (χ0v) is 10.8. The Morgan fingerprint density at radius 3 is 2.43 bits per heavy atom. The van der Waals surface area contributed by atoms with Gasteiger partial charge in [0.05, 0.1) is 0 Å². The molecule has 1 N–H and O–H groups in total. The number of hydrogen-bond acceptors (Lipinski definition) is 2. The van der Waals surface area contributed by atoms with Crippen molar-refractivity contribution >= 4 is 17.8 Å². The molecule has 0 atom stereocenters. The number of halogens is 2. The molecule has 0 aliphatic carbocycles. The Labute approximate surface area is 119 Å². The number of aliphatic imine (C=N–C) groups is 1. The van der Waals surface area contributed by atoms with Gasteiger partial charge in [0, 0.05) is 11.1 Å². The fourth-order valence-electron chi connectivity index (χ4n) is 1.95. The van der Waals surface area contributed by atoms with Crippen LogP contribution in [0, 0.1) is 11.6 Å². The lowest BCUT2D eigenvalue weighted by molar-refractivity contribution is -0.115. The normalized spacial score (nSPS) is 16.0. The molecule has 1 aliphatic rings. The molecule has 0 radical (unpaired) electrons. The second-order valence-corrected chi connectivity index (χ2v) is 4.47. The molecule has 0 bridgehead atoms. The maximum Gasteiger partial charge on any atom is 0.275 e. The summed E-state index contributed by atoms with van der Waals surface area (Å²) in [4.78, 5) is 16.0. The summed E-state index contributed by atoms with van der Waals surface area (Å²) < 4.78 is 26.4. The molecule has 0 unspecified atom stereocenters. The number of amidine groups is 1. The second-order valence-electron chi connectivity index (χ2n) is 4.47. The first-order chi connectivity index (χ1) is 10.1. The van der Waals surface area contributed by atoms with Crippen LogP contribution in [-0.4, -0.2) is 11.7 Å². The lowest BCUT2D eigenvalue weighted by atomic mass is 10.2. The van der Waals surface area contributed by atoms with Gasteiger partial charge in [-0.25, -0.2) is 13.8 Å². The van der Waals surface area contributed by atoms with Gasteiger partial charge in [-0.1, -0.05) is 18.2 Å². The predicted molar refractivity (Wildman–Crippen MR) is 75.5 cm³/mol. The van der Waals surface area contributed by atoms with Crippen LogP contribution in [0.5, 0.6) is 0 Å². The van der Waals surface area contributed by atoms with Gasteiger partial charge in [0.25, 0.3) is 5.91 Å². The molecule has 2 aromatic rings. The summed E-state index contributed by atoms with van der Waals surface area (Å²) in [6, 6.07) is 11.7. The third-order valence-electron chi connectivity index (χ3n) is 3.01. The fourth-order valence-corrected chi connectivity index (χ4v) is 1.95. The van der Waals surface area contributed by atoms with Gasteiger partial charge in [0.15, 0.2) is 0 Å². The van der Waals surface area contributed by atoms with Gasteiger partial charge in [-0.2, -0.15) is 0 Å². The van der Waals surface area contributed by atoms with E-state index in [0.717, 1.165) is 0 Å². The van der Waals surface area contributed by atoms with Gasteiger partial charge < -0.3 is 5.32 Å². The molecular weight excluding hydrogens is 274 g/mol. The highest BCUT2D eigenvalue weighted by Gasteiger charge is 2.21. The zero-order chi connectivity index (χ0) is 14.8. The van der Waals surface area contributed by atoms with Crippen molar-refractivity contribution in [2.24, 2.45) is 4.99 Å². The van der Waals surface area contributed by atoms with Crippen molar-refractivity contribution in [3.8, 4) is 0 Å². The van der Waals surface area contributed by atoms with Crippen LogP contribution in [0.25, 0.3) is 6.08 Å². The third kappa shape index (κ3) is 2.72. The van der Waals surface area contributed by atoms with E-state index in [0.29, 0.717) is 11.4 Å². The van der Waals surface area contributed by atoms with Crippen LogP contribution in [0.1, 0.15) is 11.1 Å². The lowest BCUT2D eigenvalue weighted by Crippen LogP contribution is -2.24. The van der Waals surface area contributed by atoms with E-state index in [2.05, 4.69) is 10.3 Å². The van der Waals surface area contributed by atoms with Crippen LogP contribution < -0.4 is 5.32 Å². The van der Waals surface area contributed by atoms with Crippen LogP contribution in [0.2, 0.25) is 0 Å². The molecule has 0 saturated heterocycles. The van der Waals surface area contributed by atoms with Crippen molar-refractivity contribution in [3.63, 3.8) is 0 Å². The minimum atomic E-state index is -0.428. The van der Waals surface area contributed by atoms with Gasteiger partial charge in [-0.15, -0.1) is 0 Å². The summed E-state index contributed by atoms with van der Waals surface area (Å²) in [5.41, 5.74) is 0.980. The van der Waals surface area contributed by atoms with Gasteiger partial charge in [-0.05, 0) is 36.4 Å². The number of amides is 1. The topological polar surface area (TPSA) is 41.5 Å². The summed E-state index contributed by atoms with van der Waals surface area (Å²) in [6.45, 7) is 0. The monoisotopic (exact) mass is 284 g/mol. The number of carbonyl (C=O) groups is 1. The minimum absolute atomic E-state index is 0.111. The molecule has 2 aromatic carbocycles. The standard InChI is InChI=1S/C16H10F2N2O/c17-12-7-5-10(6-8-12)15-19-14(16(21)20-15)9-11-3-1-2-4-13(11)18/h1-9H,(H,19,20,21)/b14-9-. The van der Waals surface area contributed by atoms with Crippen molar-refractivity contribution in [1.82, 2.24) is 5.32 Å². The molecule has 104 valence electrons. The molecule has 1 heterocycles. The highest BCUT2D eigenvalue weighted by atomic mass is 19.1. The summed E-state index contributed by atoms with van der Waals surface area (Å²) in [6.07, 6.45) is 1.38. The molecule has 0 aromatic heterocycles. The number of rotatable bonds is 2. The van der Waals surface area contributed by atoms with E-state index in [1.54, 1.807) is 18.2 Å². The van der Waals surface area contributed by atoms with Crippen LogP contribution in [0.15, 0.2) is 59.2 Å². The van der Waals surface area contributed by atoms with E-state index in [-0.39, 0.29) is 17.1 Å². The van der Waals surface area contributed by atoms with E-state index in [1.165, 1.54) is 36.4 Å². The Balaban J connectivity index is 1.96. The number of hydrogen-bond donors (Lipinski definition) is 1. The maximum absolute atomic E-state index is 13.6. The molecule has 0 saturated carbocycles. The number of nitrogens with one attached hydrogen (secondary N) is 1. The largest absolute Gasteiger partial charge is 0.305 e. The van der Waals surface area contributed by atoms with E-state index < -0.39 is 11.7 Å². The highest BCUT2D eigenvalue weighted by Crippen LogP contribution is 2.17. The molecule has 21 heavy (non-hydrogen) atoms. The van der Waals surface area contributed by atoms with Gasteiger partial charge >= 0.3 is 0 Å². The second kappa shape index (κ2) is 5.28. The van der Waals surface area contributed by atoms with Crippen molar-refractivity contribution in [3.05, 3.63) is 77.0 Å². The molecule has 0 fully saturated rings. The molecule has 0 spiro atoms. The molecule has 5 heteroatoms. The molecule has 3 rings (SSSR count). The van der Waals surface area contributed by atoms with Crippen LogP contribution in [0.3, 0.4) is 0 Å². The van der Waals surface area contributed by atoms with E-state index in [9.17, 15) is 13.6 Å². The van der Waals surface area contributed by atoms with E-state index in [4.69, 9.17) is 0 Å². The molecule has 3 nitrogen and oxygen atoms in total. The minimum Gasteiger partial charge on any atom is -0.305 e. The summed E-state index contributed by atoms with van der Waals surface area (Å²) in [5, 5.41) is 2.58. The highest BCUT2D eigenvalue weighted by molar-refractivity contribution is 6.19. The number of benzene rings is 2. The van der Waals surface area contributed by atoms with Gasteiger partial charge in [0.1, 0.15) is 23.2 Å². The number of carbonyl (C=O) groups excluding carboxylic acids is 1. The predicted octanol–water partition coefficient (Wildman–Crippen LogP) is 2.88. The van der Waals surface area contributed by atoms with Crippen molar-refractivity contribution in [1.29, 1.82) is 0 Å². The van der Waals surface area contributed by atoms with Crippen molar-refractivity contribution in [2.75, 3.05) is 0 Å². The SMILES string of the molecule is O=C1NC(c2ccc(F)cc2)=N/C1=C\c1ccccc1F. The average molecular weight is 284 g/mol. The first-order valence-corrected chi connectivity index (χ1v) is 6.26. The quantitative estimate of drug-likeness (QED) is 0.846. The summed E-state index contributed by atoms with van der Waals surface area (Å²) in [7, 11) is 0. The van der Waals surface area contributed by atoms with Gasteiger partial charge in [0.2, 0.25) is 0 Å². The average Bonchev–Trinajstić information content (AvgIpc) is 2.83. The number of nitrogens with zero attached hydrogens (tertiary/aromatic N) is 1. The van der Waals surface area contributed by atoms with E-state index in [1.807, 2.05) is 0 Å². The maximum atomic E-state index is 13.6.